The first-order valence-corrected chi connectivity index (χ1v) is 9.00. The number of benzene rings is 2. The lowest BCUT2D eigenvalue weighted by molar-refractivity contribution is 0.687. The smallest absolute Gasteiger partial charge is 0.0263 e. The van der Waals surface area contributed by atoms with Crippen LogP contribution in [0.3, 0.4) is 0 Å². The van der Waals surface area contributed by atoms with Gasteiger partial charge in [0.1, 0.15) is 0 Å². The van der Waals surface area contributed by atoms with Crippen LogP contribution in [0.5, 0.6) is 0 Å². The van der Waals surface area contributed by atoms with Gasteiger partial charge in [-0.05, 0) is 22.4 Å². The van der Waals surface area contributed by atoms with Crippen LogP contribution in [-0.4, -0.2) is 29.1 Å². The molecule has 1 aliphatic rings. The topological polar surface area (TPSA) is 12.0 Å². The highest BCUT2D eigenvalue weighted by molar-refractivity contribution is 8.06. The van der Waals surface area contributed by atoms with Crippen molar-refractivity contribution < 1.29 is 0 Å². The lowest BCUT2D eigenvalue weighted by Gasteiger charge is -2.21. The molecule has 0 aromatic heterocycles. The molecule has 1 aliphatic heterocycles. The minimum Gasteiger partial charge on any atom is -0.312 e. The van der Waals surface area contributed by atoms with Gasteiger partial charge < -0.3 is 5.32 Å². The minimum absolute atomic E-state index is 0.791. The van der Waals surface area contributed by atoms with Gasteiger partial charge in [-0.1, -0.05) is 36.4 Å². The molecular weight excluding hydrogens is 270 g/mol. The first-order chi connectivity index (χ1) is 9.42. The molecular formula is C16H19NS2. The van der Waals surface area contributed by atoms with Gasteiger partial charge in [-0.3, -0.25) is 0 Å². The molecule has 1 unspecified atom stereocenters. The predicted octanol–water partition coefficient (Wildman–Crippen LogP) is 3.78. The molecule has 100 valence electrons. The van der Waals surface area contributed by atoms with Crippen molar-refractivity contribution in [3.05, 3.63) is 48.0 Å². The fraction of sp³-hybridized carbons (Fsp3) is 0.375. The van der Waals surface area contributed by atoms with E-state index < -0.39 is 0 Å². The third kappa shape index (κ3) is 3.68. The molecule has 0 aliphatic carbocycles. The SMILES string of the molecule is c1ccc2cc(CNCC3CSCCS3)ccc2c1. The highest BCUT2D eigenvalue weighted by atomic mass is 32.2. The van der Waals surface area contributed by atoms with E-state index in [9.17, 15) is 0 Å². The Morgan fingerprint density at radius 1 is 1.05 bits per heavy atom. The maximum absolute atomic E-state index is 3.60. The Bertz CT molecular complexity index is 535. The largest absolute Gasteiger partial charge is 0.312 e. The second kappa shape index (κ2) is 6.69. The van der Waals surface area contributed by atoms with Crippen LogP contribution in [-0.2, 0) is 6.54 Å². The summed E-state index contributed by atoms with van der Waals surface area (Å²) in [6.07, 6.45) is 0. The zero-order chi connectivity index (χ0) is 12.9. The lowest BCUT2D eigenvalue weighted by atomic mass is 10.1. The normalized spacial score (nSPS) is 19.7. The summed E-state index contributed by atoms with van der Waals surface area (Å²) in [6, 6.07) is 15.3. The fourth-order valence-corrected chi connectivity index (χ4v) is 5.03. The van der Waals surface area contributed by atoms with Gasteiger partial charge in [0, 0.05) is 35.6 Å². The van der Waals surface area contributed by atoms with E-state index in [0.29, 0.717) is 0 Å². The van der Waals surface area contributed by atoms with Gasteiger partial charge in [0.15, 0.2) is 0 Å². The number of rotatable bonds is 4. The van der Waals surface area contributed by atoms with Gasteiger partial charge in [-0.2, -0.15) is 23.5 Å². The third-order valence-corrected chi connectivity index (χ3v) is 6.24. The Morgan fingerprint density at radius 2 is 1.95 bits per heavy atom. The van der Waals surface area contributed by atoms with E-state index in [1.807, 2.05) is 0 Å². The second-order valence-electron chi connectivity index (χ2n) is 4.88. The first-order valence-electron chi connectivity index (χ1n) is 6.79. The van der Waals surface area contributed by atoms with Crippen molar-refractivity contribution in [2.75, 3.05) is 23.8 Å². The highest BCUT2D eigenvalue weighted by Crippen LogP contribution is 2.23. The van der Waals surface area contributed by atoms with Crippen molar-refractivity contribution in [2.24, 2.45) is 0 Å². The second-order valence-corrected chi connectivity index (χ2v) is 7.44. The Balaban J connectivity index is 1.56. The lowest BCUT2D eigenvalue weighted by Crippen LogP contribution is -2.28. The molecule has 0 radical (unpaired) electrons. The third-order valence-electron chi connectivity index (χ3n) is 3.40. The van der Waals surface area contributed by atoms with Crippen molar-refractivity contribution in [3.63, 3.8) is 0 Å². The Morgan fingerprint density at radius 3 is 2.79 bits per heavy atom. The van der Waals surface area contributed by atoms with Crippen molar-refractivity contribution in [2.45, 2.75) is 11.8 Å². The monoisotopic (exact) mass is 289 g/mol. The van der Waals surface area contributed by atoms with Crippen LogP contribution >= 0.6 is 23.5 Å². The quantitative estimate of drug-likeness (QED) is 0.920. The van der Waals surface area contributed by atoms with Gasteiger partial charge >= 0.3 is 0 Å². The van der Waals surface area contributed by atoms with Gasteiger partial charge in [0.25, 0.3) is 0 Å². The number of hydrogen-bond acceptors (Lipinski definition) is 3. The maximum atomic E-state index is 3.60. The Hall–Kier alpha value is -0.640. The summed E-state index contributed by atoms with van der Waals surface area (Å²) in [5.74, 6) is 3.94. The number of fused-ring (bicyclic) bond motifs is 1. The Labute approximate surface area is 123 Å². The molecule has 0 amide bonds. The molecule has 19 heavy (non-hydrogen) atoms. The van der Waals surface area contributed by atoms with Crippen LogP contribution in [0.15, 0.2) is 42.5 Å². The molecule has 2 aromatic carbocycles. The maximum Gasteiger partial charge on any atom is 0.0263 e. The molecule has 1 nitrogen and oxygen atoms in total. The zero-order valence-electron chi connectivity index (χ0n) is 11.0. The van der Waals surface area contributed by atoms with E-state index in [-0.39, 0.29) is 0 Å². The summed E-state index contributed by atoms with van der Waals surface area (Å²) in [4.78, 5) is 0. The number of hydrogen-bond donors (Lipinski definition) is 1. The van der Waals surface area contributed by atoms with E-state index in [1.54, 1.807) is 0 Å². The standard InChI is InChI=1S/C16H19NS2/c1-2-4-15-9-13(5-6-14(15)3-1)10-17-11-16-12-18-7-8-19-16/h1-6,9,16-17H,7-8,10-12H2. The first kappa shape index (κ1) is 13.3. The van der Waals surface area contributed by atoms with Gasteiger partial charge in [-0.15, -0.1) is 0 Å². The van der Waals surface area contributed by atoms with E-state index in [4.69, 9.17) is 0 Å². The average Bonchev–Trinajstić information content (AvgIpc) is 2.48. The molecule has 1 N–H and O–H groups in total. The van der Waals surface area contributed by atoms with Crippen LogP contribution in [0, 0.1) is 0 Å². The Kier molecular flexibility index (Phi) is 4.70. The average molecular weight is 289 g/mol. The van der Waals surface area contributed by atoms with Gasteiger partial charge in [0.05, 0.1) is 0 Å². The molecule has 2 aromatic rings. The summed E-state index contributed by atoms with van der Waals surface area (Å²) in [5.41, 5.74) is 1.38. The van der Waals surface area contributed by atoms with Crippen molar-refractivity contribution in [1.82, 2.24) is 5.32 Å². The van der Waals surface area contributed by atoms with Crippen LogP contribution in [0.25, 0.3) is 10.8 Å². The van der Waals surface area contributed by atoms with Crippen molar-refractivity contribution in [3.8, 4) is 0 Å². The van der Waals surface area contributed by atoms with Gasteiger partial charge in [0.2, 0.25) is 0 Å². The number of nitrogens with one attached hydrogen (secondary N) is 1. The summed E-state index contributed by atoms with van der Waals surface area (Å²) < 4.78 is 0. The number of thioether (sulfide) groups is 2. The summed E-state index contributed by atoms with van der Waals surface area (Å²) in [7, 11) is 0. The molecule has 1 saturated heterocycles. The molecule has 1 fully saturated rings. The van der Waals surface area contributed by atoms with Crippen LogP contribution < -0.4 is 5.32 Å². The molecule has 0 spiro atoms. The fourth-order valence-electron chi connectivity index (χ4n) is 2.38. The van der Waals surface area contributed by atoms with Crippen LogP contribution in [0.2, 0.25) is 0 Å². The summed E-state index contributed by atoms with van der Waals surface area (Å²) >= 11 is 4.21. The molecule has 0 saturated carbocycles. The van der Waals surface area contributed by atoms with Crippen LogP contribution in [0.1, 0.15) is 5.56 Å². The van der Waals surface area contributed by atoms with Crippen molar-refractivity contribution >= 4 is 34.3 Å². The molecule has 3 heteroatoms. The highest BCUT2D eigenvalue weighted by Gasteiger charge is 2.13. The molecule has 3 rings (SSSR count). The van der Waals surface area contributed by atoms with Crippen LogP contribution in [0.4, 0.5) is 0 Å². The van der Waals surface area contributed by atoms with Crippen molar-refractivity contribution in [1.29, 1.82) is 0 Å². The van der Waals surface area contributed by atoms with E-state index in [2.05, 4.69) is 71.3 Å². The molecule has 1 atom stereocenters. The zero-order valence-corrected chi connectivity index (χ0v) is 12.6. The van der Waals surface area contributed by atoms with Gasteiger partial charge in [-0.25, -0.2) is 0 Å². The predicted molar refractivity (Wildman–Crippen MR) is 89.2 cm³/mol. The summed E-state index contributed by atoms with van der Waals surface area (Å²) in [5, 5.41) is 7.05. The summed E-state index contributed by atoms with van der Waals surface area (Å²) in [6.45, 7) is 2.11. The van der Waals surface area contributed by atoms with E-state index in [0.717, 1.165) is 18.3 Å². The molecule has 0 bridgehead atoms. The van der Waals surface area contributed by atoms with E-state index >= 15 is 0 Å². The molecule has 1 heterocycles. The minimum atomic E-state index is 0.791. The van der Waals surface area contributed by atoms with E-state index in [1.165, 1.54) is 33.6 Å².